The topological polar surface area (TPSA) is 90.6 Å². The van der Waals surface area contributed by atoms with E-state index < -0.39 is 11.8 Å². The molecule has 0 aliphatic carbocycles. The molecule has 0 aliphatic heterocycles. The summed E-state index contributed by atoms with van der Waals surface area (Å²) >= 11 is 0. The number of nitrogens with two attached hydrogens (primary N) is 2. The predicted octanol–water partition coefficient (Wildman–Crippen LogP) is 1.29. The third-order valence-corrected chi connectivity index (χ3v) is 3.17. The summed E-state index contributed by atoms with van der Waals surface area (Å²) in [5.41, 5.74) is 13.0. The Morgan fingerprint density at radius 3 is 2.32 bits per heavy atom. The van der Waals surface area contributed by atoms with Crippen molar-refractivity contribution in [3.05, 3.63) is 53.7 Å². The summed E-state index contributed by atoms with van der Waals surface area (Å²) in [5, 5.41) is 0.761. The lowest BCUT2D eigenvalue weighted by atomic mass is 10.1. The Bertz CT molecular complexity index is 833. The van der Waals surface area contributed by atoms with Crippen LogP contribution in [0.5, 0.6) is 0 Å². The van der Waals surface area contributed by atoms with Crippen LogP contribution in [0.4, 0.5) is 0 Å². The van der Waals surface area contributed by atoms with Crippen LogP contribution in [0.25, 0.3) is 16.4 Å². The minimum Gasteiger partial charge on any atom is -0.366 e. The molecule has 0 aliphatic rings. The lowest BCUT2D eigenvalue weighted by Gasteiger charge is -2.00. The Balaban J connectivity index is 2.52. The molecule has 0 atom stereocenters. The van der Waals surface area contributed by atoms with E-state index >= 15 is 0 Å². The average molecular weight is 253 g/mol. The van der Waals surface area contributed by atoms with Crippen molar-refractivity contribution in [2.75, 3.05) is 0 Å². The van der Waals surface area contributed by atoms with Crippen molar-refractivity contribution in [3.8, 4) is 0 Å². The molecule has 1 aromatic carbocycles. The van der Waals surface area contributed by atoms with Crippen molar-refractivity contribution >= 4 is 28.2 Å². The Kier molecular flexibility index (Phi) is 2.28. The quantitative estimate of drug-likeness (QED) is 0.720. The van der Waals surface area contributed by atoms with Crippen molar-refractivity contribution in [1.29, 1.82) is 0 Å². The number of carbonyl (C=O) groups is 2. The molecule has 5 heteroatoms. The molecule has 2 heterocycles. The number of aromatic nitrogens is 1. The number of fused-ring (bicyclic) bond motifs is 3. The van der Waals surface area contributed by atoms with E-state index in [0.717, 1.165) is 10.9 Å². The van der Waals surface area contributed by atoms with Gasteiger partial charge in [-0.15, -0.1) is 0 Å². The summed E-state index contributed by atoms with van der Waals surface area (Å²) < 4.78 is 1.76. The highest BCUT2D eigenvalue weighted by atomic mass is 16.1. The predicted molar refractivity (Wildman–Crippen MR) is 71.9 cm³/mol. The number of amides is 2. The molecule has 0 bridgehead atoms. The van der Waals surface area contributed by atoms with Crippen molar-refractivity contribution in [1.82, 2.24) is 4.40 Å². The second-order valence-electron chi connectivity index (χ2n) is 4.29. The molecule has 2 aromatic heterocycles. The first-order valence-corrected chi connectivity index (χ1v) is 5.72. The number of carbonyl (C=O) groups excluding carboxylic acids is 2. The van der Waals surface area contributed by atoms with Gasteiger partial charge in [-0.1, -0.05) is 18.2 Å². The summed E-state index contributed by atoms with van der Waals surface area (Å²) in [6, 6.07) is 10.6. The lowest BCUT2D eigenvalue weighted by molar-refractivity contribution is 0.0994. The third-order valence-electron chi connectivity index (χ3n) is 3.17. The fourth-order valence-corrected chi connectivity index (χ4v) is 2.34. The van der Waals surface area contributed by atoms with Gasteiger partial charge >= 0.3 is 0 Å². The molecular weight excluding hydrogens is 242 g/mol. The Morgan fingerprint density at radius 2 is 1.63 bits per heavy atom. The standard InChI is InChI=1S/C14H11N3O2/c15-13(18)8-5-6-11-12(14(16)19)9-3-1-2-4-10(9)17(11)7-8/h1-7H,(H2,15,18)(H2,16,19). The summed E-state index contributed by atoms with van der Waals surface area (Å²) in [6.45, 7) is 0. The second-order valence-corrected chi connectivity index (χ2v) is 4.29. The van der Waals surface area contributed by atoms with E-state index in [1.165, 1.54) is 0 Å². The van der Waals surface area contributed by atoms with Gasteiger partial charge in [-0.05, 0) is 18.2 Å². The van der Waals surface area contributed by atoms with Gasteiger partial charge in [-0.2, -0.15) is 0 Å². The summed E-state index contributed by atoms with van der Waals surface area (Å²) in [7, 11) is 0. The number of pyridine rings is 1. The highest BCUT2D eigenvalue weighted by Crippen LogP contribution is 2.26. The van der Waals surface area contributed by atoms with Gasteiger partial charge < -0.3 is 15.9 Å². The molecule has 0 saturated heterocycles. The van der Waals surface area contributed by atoms with E-state index in [4.69, 9.17) is 11.5 Å². The minimum absolute atomic E-state index is 0.379. The number of nitrogens with zero attached hydrogens (tertiary/aromatic N) is 1. The number of hydrogen-bond donors (Lipinski definition) is 2. The maximum absolute atomic E-state index is 11.6. The maximum atomic E-state index is 11.6. The molecule has 0 radical (unpaired) electrons. The monoisotopic (exact) mass is 253 g/mol. The van der Waals surface area contributed by atoms with Gasteiger partial charge in [-0.25, -0.2) is 0 Å². The zero-order valence-electron chi connectivity index (χ0n) is 9.96. The van der Waals surface area contributed by atoms with Crippen LogP contribution in [-0.2, 0) is 0 Å². The van der Waals surface area contributed by atoms with Crippen molar-refractivity contribution in [2.24, 2.45) is 11.5 Å². The van der Waals surface area contributed by atoms with Gasteiger partial charge in [0.25, 0.3) is 5.91 Å². The highest BCUT2D eigenvalue weighted by molar-refractivity contribution is 6.13. The van der Waals surface area contributed by atoms with Crippen molar-refractivity contribution in [2.45, 2.75) is 0 Å². The van der Waals surface area contributed by atoms with E-state index in [9.17, 15) is 9.59 Å². The van der Waals surface area contributed by atoms with E-state index in [1.54, 1.807) is 22.7 Å². The first kappa shape index (κ1) is 11.3. The number of para-hydroxylation sites is 1. The molecule has 19 heavy (non-hydrogen) atoms. The molecule has 0 spiro atoms. The molecule has 0 saturated carbocycles. The minimum atomic E-state index is -0.514. The number of benzene rings is 1. The van der Waals surface area contributed by atoms with E-state index in [1.807, 2.05) is 24.3 Å². The number of rotatable bonds is 2. The Labute approximate surface area is 108 Å². The Hall–Kier alpha value is -2.82. The van der Waals surface area contributed by atoms with Crippen molar-refractivity contribution < 1.29 is 9.59 Å². The third kappa shape index (κ3) is 1.55. The summed E-state index contributed by atoms with van der Waals surface area (Å²) in [6.07, 6.45) is 1.62. The smallest absolute Gasteiger partial charge is 0.251 e. The maximum Gasteiger partial charge on any atom is 0.251 e. The second kappa shape index (κ2) is 3.84. The van der Waals surface area contributed by atoms with Crippen LogP contribution in [0, 0.1) is 0 Å². The van der Waals surface area contributed by atoms with E-state index in [-0.39, 0.29) is 0 Å². The number of hydrogen-bond acceptors (Lipinski definition) is 2. The molecular formula is C14H11N3O2. The molecule has 0 unspecified atom stereocenters. The molecule has 5 nitrogen and oxygen atoms in total. The molecule has 2 amide bonds. The van der Waals surface area contributed by atoms with Crippen LogP contribution < -0.4 is 11.5 Å². The van der Waals surface area contributed by atoms with Crippen LogP contribution in [0.2, 0.25) is 0 Å². The van der Waals surface area contributed by atoms with Crippen LogP contribution in [-0.4, -0.2) is 16.2 Å². The first-order chi connectivity index (χ1) is 9.09. The SMILES string of the molecule is NC(=O)c1ccc2c(C(N)=O)c3ccccc3n2c1. The molecule has 3 rings (SSSR count). The van der Waals surface area contributed by atoms with Gasteiger partial charge in [0.05, 0.1) is 22.2 Å². The molecule has 3 aromatic rings. The van der Waals surface area contributed by atoms with Gasteiger partial charge in [0.2, 0.25) is 5.91 Å². The Morgan fingerprint density at radius 1 is 0.895 bits per heavy atom. The van der Waals surface area contributed by atoms with Gasteiger partial charge in [-0.3, -0.25) is 9.59 Å². The fourth-order valence-electron chi connectivity index (χ4n) is 2.34. The highest BCUT2D eigenvalue weighted by Gasteiger charge is 2.16. The van der Waals surface area contributed by atoms with E-state index in [0.29, 0.717) is 16.6 Å². The van der Waals surface area contributed by atoms with E-state index in [2.05, 4.69) is 0 Å². The lowest BCUT2D eigenvalue weighted by Crippen LogP contribution is -2.12. The fraction of sp³-hybridized carbons (Fsp3) is 0. The molecule has 94 valence electrons. The zero-order chi connectivity index (χ0) is 13.6. The van der Waals surface area contributed by atoms with Crippen LogP contribution in [0.3, 0.4) is 0 Å². The average Bonchev–Trinajstić information content (AvgIpc) is 2.72. The van der Waals surface area contributed by atoms with Gasteiger partial charge in [0.1, 0.15) is 0 Å². The number of primary amides is 2. The van der Waals surface area contributed by atoms with Gasteiger partial charge in [0, 0.05) is 11.6 Å². The van der Waals surface area contributed by atoms with Crippen LogP contribution >= 0.6 is 0 Å². The zero-order valence-corrected chi connectivity index (χ0v) is 9.96. The summed E-state index contributed by atoms with van der Waals surface area (Å²) in [4.78, 5) is 22.9. The molecule has 0 fully saturated rings. The largest absolute Gasteiger partial charge is 0.366 e. The normalized spacial score (nSPS) is 10.9. The van der Waals surface area contributed by atoms with Crippen molar-refractivity contribution in [3.63, 3.8) is 0 Å². The van der Waals surface area contributed by atoms with Crippen LogP contribution in [0.15, 0.2) is 42.6 Å². The van der Waals surface area contributed by atoms with Crippen LogP contribution in [0.1, 0.15) is 20.7 Å². The first-order valence-electron chi connectivity index (χ1n) is 5.72. The summed E-state index contributed by atoms with van der Waals surface area (Å²) in [5.74, 6) is -1.01. The molecule has 4 N–H and O–H groups in total. The van der Waals surface area contributed by atoms with Gasteiger partial charge in [0.15, 0.2) is 0 Å².